The van der Waals surface area contributed by atoms with Crippen LogP contribution in [0.1, 0.15) is 92.1 Å². The van der Waals surface area contributed by atoms with Gasteiger partial charge in [0.25, 0.3) is 0 Å². The number of likely N-dealkylation sites (tertiary alicyclic amines) is 1. The van der Waals surface area contributed by atoms with Crippen molar-refractivity contribution in [3.8, 4) is 0 Å². The Bertz CT molecular complexity index is 1610. The molecular weight excluding hydrogens is 767 g/mol. The van der Waals surface area contributed by atoms with Crippen LogP contribution in [0, 0.1) is 11.8 Å². The molecule has 9 atom stereocenters. The summed E-state index contributed by atoms with van der Waals surface area (Å²) in [6.07, 6.45) is 1.31. The number of carbonyl (C=O) groups excluding carboxylic acids is 4. The molecule has 4 amide bonds. The van der Waals surface area contributed by atoms with Crippen LogP contribution in [0.4, 0.5) is 0 Å². The molecule has 0 radical (unpaired) electrons. The van der Waals surface area contributed by atoms with Gasteiger partial charge in [-0.25, -0.2) is 4.79 Å². The second-order valence-electron chi connectivity index (χ2n) is 15.3. The van der Waals surface area contributed by atoms with Gasteiger partial charge in [0, 0.05) is 31.3 Å². The molecule has 8 N–H and O–H groups in total. The molecule has 0 spiro atoms. The Hall–Kier alpha value is -4.98. The first-order valence-electron chi connectivity index (χ1n) is 19.8. The number of carboxylic acid groups (broad SMARTS) is 3. The molecule has 1 unspecified atom stereocenters. The number of hydrogen-bond acceptors (Lipinski definition) is 9. The van der Waals surface area contributed by atoms with Crippen molar-refractivity contribution in [1.82, 2.24) is 31.5 Å². The molecule has 0 aliphatic carbocycles. The zero-order valence-corrected chi connectivity index (χ0v) is 35.5. The zero-order valence-electron chi connectivity index (χ0n) is 34.5. The van der Waals surface area contributed by atoms with Gasteiger partial charge in [-0.15, -0.1) is 8.58 Å². The van der Waals surface area contributed by atoms with Crippen molar-refractivity contribution < 1.29 is 48.9 Å². The summed E-state index contributed by atoms with van der Waals surface area (Å²) in [4.78, 5) is 90.6. The molecule has 1 aliphatic rings. The van der Waals surface area contributed by atoms with Gasteiger partial charge < -0.3 is 46.8 Å². The van der Waals surface area contributed by atoms with Crippen molar-refractivity contribution in [3.63, 3.8) is 0 Å². The summed E-state index contributed by atoms with van der Waals surface area (Å²) in [6.45, 7) is 18.8. The van der Waals surface area contributed by atoms with Crippen molar-refractivity contribution in [3.05, 3.63) is 60.4 Å². The molecule has 322 valence electrons. The third kappa shape index (κ3) is 15.8. The van der Waals surface area contributed by atoms with Crippen LogP contribution in [0.2, 0.25) is 0 Å². The highest BCUT2D eigenvalue weighted by molar-refractivity contribution is 7.38. The SMILES string of the molecule is C=C(N[C@H](CCC(=O)O)C(=O)N[C@H](C(=C)N[C@H](C(=O)N1C[C@H](PCc2ccccc2)C[C@H]1C(=O)N[C@@H](CCC)C(=O)O)C(C)C)[C@@H](C)CC)[C@H](CC(=O)O)NC(C)=O. The Balaban J connectivity index is 2.39. The van der Waals surface area contributed by atoms with Gasteiger partial charge in [-0.1, -0.05) is 91.0 Å². The fourth-order valence-corrected chi connectivity index (χ4v) is 8.21. The summed E-state index contributed by atoms with van der Waals surface area (Å²) in [5.41, 5.74) is 1.42. The maximum Gasteiger partial charge on any atom is 0.326 e. The first-order chi connectivity index (χ1) is 27.3. The van der Waals surface area contributed by atoms with E-state index >= 15 is 0 Å². The highest BCUT2D eigenvalue weighted by Gasteiger charge is 2.43. The third-order valence-electron chi connectivity index (χ3n) is 10.2. The second kappa shape index (κ2) is 24.1. The van der Waals surface area contributed by atoms with Crippen LogP contribution in [-0.4, -0.2) is 110 Å². The summed E-state index contributed by atoms with van der Waals surface area (Å²) in [5.74, 6) is -6.19. The van der Waals surface area contributed by atoms with Gasteiger partial charge in [0.15, 0.2) is 0 Å². The number of nitrogens with zero attached hydrogens (tertiary/aromatic N) is 1. The Morgan fingerprint density at radius 3 is 2.00 bits per heavy atom. The smallest absolute Gasteiger partial charge is 0.326 e. The third-order valence-corrected chi connectivity index (χ3v) is 11.8. The van der Waals surface area contributed by atoms with Crippen LogP contribution in [0.25, 0.3) is 0 Å². The molecule has 2 rings (SSSR count). The molecule has 0 saturated carbocycles. The van der Waals surface area contributed by atoms with E-state index in [9.17, 15) is 48.9 Å². The molecule has 0 aromatic heterocycles. The van der Waals surface area contributed by atoms with Gasteiger partial charge in [-0.3, -0.25) is 28.8 Å². The van der Waals surface area contributed by atoms with Crippen LogP contribution in [0.5, 0.6) is 0 Å². The Kier molecular flexibility index (Phi) is 20.4. The van der Waals surface area contributed by atoms with Crippen LogP contribution >= 0.6 is 8.58 Å². The Morgan fingerprint density at radius 1 is 0.810 bits per heavy atom. The van der Waals surface area contributed by atoms with Crippen LogP contribution in [0.15, 0.2) is 54.9 Å². The zero-order chi connectivity index (χ0) is 43.7. The summed E-state index contributed by atoms with van der Waals surface area (Å²) >= 11 is 0. The van der Waals surface area contributed by atoms with E-state index < -0.39 is 84.7 Å². The quantitative estimate of drug-likeness (QED) is 0.0628. The number of nitrogens with one attached hydrogen (secondary N) is 5. The number of carbonyl (C=O) groups is 7. The van der Waals surface area contributed by atoms with Crippen molar-refractivity contribution in [2.24, 2.45) is 11.8 Å². The number of rotatable bonds is 26. The Morgan fingerprint density at radius 2 is 1.47 bits per heavy atom. The molecule has 1 aromatic carbocycles. The van der Waals surface area contributed by atoms with Gasteiger partial charge in [-0.05, 0) is 48.5 Å². The van der Waals surface area contributed by atoms with E-state index in [0.717, 1.165) is 11.7 Å². The number of hydrogen-bond donors (Lipinski definition) is 8. The molecule has 1 aliphatic heterocycles. The number of amides is 4. The van der Waals surface area contributed by atoms with Crippen molar-refractivity contribution in [1.29, 1.82) is 0 Å². The van der Waals surface area contributed by atoms with Crippen molar-refractivity contribution in [2.75, 3.05) is 6.54 Å². The summed E-state index contributed by atoms with van der Waals surface area (Å²) in [6, 6.07) is 3.92. The average Bonchev–Trinajstić information content (AvgIpc) is 3.59. The van der Waals surface area contributed by atoms with Crippen molar-refractivity contribution >= 4 is 50.1 Å². The largest absolute Gasteiger partial charge is 0.481 e. The predicted molar refractivity (Wildman–Crippen MR) is 222 cm³/mol. The van der Waals surface area contributed by atoms with E-state index in [2.05, 4.69) is 39.7 Å². The van der Waals surface area contributed by atoms with Crippen LogP contribution in [0.3, 0.4) is 0 Å². The highest BCUT2D eigenvalue weighted by Crippen LogP contribution is 2.35. The first-order valence-corrected chi connectivity index (χ1v) is 21.1. The van der Waals surface area contributed by atoms with E-state index in [1.165, 1.54) is 11.8 Å². The van der Waals surface area contributed by atoms with E-state index in [0.29, 0.717) is 40.1 Å². The lowest BCUT2D eigenvalue weighted by atomic mass is 9.94. The van der Waals surface area contributed by atoms with Gasteiger partial charge in [0.1, 0.15) is 24.2 Å². The summed E-state index contributed by atoms with van der Waals surface area (Å²) < 4.78 is 0. The fourth-order valence-electron chi connectivity index (χ4n) is 6.73. The second-order valence-corrected chi connectivity index (χ2v) is 16.8. The molecule has 0 bridgehead atoms. The lowest BCUT2D eigenvalue weighted by Gasteiger charge is -2.35. The van der Waals surface area contributed by atoms with E-state index in [1.807, 2.05) is 65.0 Å². The van der Waals surface area contributed by atoms with E-state index in [4.69, 9.17) is 0 Å². The standard InChI is InChI=1S/C41H63N6O10P/c1-9-14-31(41(56)57)45-39(54)33-19-29(58-22-28-15-12-11-13-16-28)21-47(33)40(55)36(23(3)4)43-26(7)37(24(5)10-2)46-38(53)30(17-18-34(49)50)42-25(6)32(20-35(51)52)44-27(8)48/h11-13,15-16,23-24,29-33,36-37,42-43,58H,6-7,9-10,14,17-22H2,1-5,8H3,(H,44,48)(H,45,54)(H,46,53)(H,49,50)(H,51,52)(H,56,57)/t24-,29+,30+,31-,32-,33-,36-,37-/m0/s1. The lowest BCUT2D eigenvalue weighted by molar-refractivity contribution is -0.144. The van der Waals surface area contributed by atoms with Crippen LogP contribution in [-0.2, 0) is 39.7 Å². The maximum atomic E-state index is 14.6. The molecule has 1 saturated heterocycles. The fraction of sp³-hybridized carbons (Fsp3) is 0.585. The van der Waals surface area contributed by atoms with Gasteiger partial charge >= 0.3 is 17.9 Å². The van der Waals surface area contributed by atoms with E-state index in [-0.39, 0.29) is 41.9 Å². The average molecular weight is 831 g/mol. The topological polar surface area (TPSA) is 244 Å². The molecule has 16 nitrogen and oxygen atoms in total. The number of carboxylic acids is 3. The molecular formula is C41H63N6O10P. The molecule has 1 aromatic rings. The highest BCUT2D eigenvalue weighted by atomic mass is 31.1. The maximum absolute atomic E-state index is 14.6. The monoisotopic (exact) mass is 830 g/mol. The summed E-state index contributed by atoms with van der Waals surface area (Å²) in [7, 11) is 0.400. The molecule has 1 heterocycles. The van der Waals surface area contributed by atoms with Gasteiger partial charge in [0.05, 0.1) is 18.5 Å². The number of aliphatic carboxylic acids is 3. The van der Waals surface area contributed by atoms with Gasteiger partial charge in [0.2, 0.25) is 23.6 Å². The van der Waals surface area contributed by atoms with Crippen molar-refractivity contribution in [2.45, 2.75) is 135 Å². The molecule has 17 heteroatoms. The first kappa shape index (κ1) is 49.2. The minimum Gasteiger partial charge on any atom is -0.481 e. The van der Waals surface area contributed by atoms with Crippen LogP contribution < -0.4 is 26.6 Å². The lowest BCUT2D eigenvalue weighted by Crippen LogP contribution is -2.57. The predicted octanol–water partition coefficient (Wildman–Crippen LogP) is 3.18. The Labute approximate surface area is 343 Å². The van der Waals surface area contributed by atoms with Gasteiger partial charge in [-0.2, -0.15) is 0 Å². The number of benzene rings is 1. The molecule has 58 heavy (non-hydrogen) atoms. The minimum absolute atomic E-state index is 0.00177. The minimum atomic E-state index is -1.23. The normalized spacial score (nSPS) is 18.3. The molecule has 1 fully saturated rings. The summed E-state index contributed by atoms with van der Waals surface area (Å²) in [5, 5.41) is 42.8. The van der Waals surface area contributed by atoms with E-state index in [1.54, 1.807) is 0 Å².